The summed E-state index contributed by atoms with van der Waals surface area (Å²) < 4.78 is 38.6. The Morgan fingerprint density at radius 3 is 2.55 bits per heavy atom. The third-order valence-electron chi connectivity index (χ3n) is 5.93. The second-order valence-corrected chi connectivity index (χ2v) is 9.58. The number of ether oxygens (including phenoxy) is 1. The van der Waals surface area contributed by atoms with E-state index >= 15 is 0 Å². The Kier molecular flexibility index (Phi) is 4.18. The zero-order valence-electron chi connectivity index (χ0n) is 16.0. The summed E-state index contributed by atoms with van der Waals surface area (Å²) in [7, 11) is -3.54. The summed E-state index contributed by atoms with van der Waals surface area (Å²) in [6.07, 6.45) is 5.77. The molecule has 1 aromatic carbocycles. The second kappa shape index (κ2) is 6.53. The molecule has 0 bridgehead atoms. The van der Waals surface area contributed by atoms with E-state index < -0.39 is 15.9 Å². The normalized spacial score (nSPS) is 21.1. The highest BCUT2D eigenvalue weighted by Crippen LogP contribution is 2.41. The fourth-order valence-corrected chi connectivity index (χ4v) is 5.59. The summed E-state index contributed by atoms with van der Waals surface area (Å²) in [5.74, 6) is 0.161. The van der Waals surface area contributed by atoms with Crippen molar-refractivity contribution in [3.63, 3.8) is 0 Å². The fraction of sp³-hybridized carbons (Fsp3) is 0.474. The molecule has 3 N–H and O–H groups in total. The number of nitrogens with two attached hydrogens (primary N) is 1. The zero-order chi connectivity index (χ0) is 20.3. The number of carbonyl (C=O) groups is 1. The third kappa shape index (κ3) is 2.84. The molecule has 2 unspecified atom stereocenters. The van der Waals surface area contributed by atoms with E-state index in [0.29, 0.717) is 49.1 Å². The summed E-state index contributed by atoms with van der Waals surface area (Å²) in [5.41, 5.74) is 3.66. The van der Waals surface area contributed by atoms with Crippen LogP contribution in [0.3, 0.4) is 0 Å². The van der Waals surface area contributed by atoms with Crippen LogP contribution in [0.5, 0.6) is 5.88 Å². The Hall–Kier alpha value is -2.46. The number of halogens is 1. The van der Waals surface area contributed by atoms with Gasteiger partial charge in [0, 0.05) is 5.69 Å². The maximum Gasteiger partial charge on any atom is 0.354 e. The van der Waals surface area contributed by atoms with Gasteiger partial charge in [-0.1, -0.05) is 0 Å². The number of nitrogens with one attached hydrogen (secondary N) is 1. The van der Waals surface area contributed by atoms with Crippen LogP contribution < -0.4 is 15.2 Å². The van der Waals surface area contributed by atoms with Gasteiger partial charge in [-0.15, -0.1) is 4.36 Å². The van der Waals surface area contributed by atoms with Crippen molar-refractivity contribution >= 4 is 21.6 Å². The number of nitrogens with zero attached hydrogens (tertiary/aromatic N) is 3. The van der Waals surface area contributed by atoms with Crippen LogP contribution in [-0.2, 0) is 35.6 Å². The van der Waals surface area contributed by atoms with Crippen molar-refractivity contribution in [3.8, 4) is 5.88 Å². The summed E-state index contributed by atoms with van der Waals surface area (Å²) in [6.45, 7) is 2.30. The van der Waals surface area contributed by atoms with Crippen molar-refractivity contribution < 1.29 is 18.1 Å². The van der Waals surface area contributed by atoms with Crippen LogP contribution in [0.2, 0.25) is 0 Å². The lowest BCUT2D eigenvalue weighted by molar-refractivity contribution is 0.260. The maximum absolute atomic E-state index is 14.8. The predicted octanol–water partition coefficient (Wildman–Crippen LogP) is 2.89. The minimum atomic E-state index is -3.54. The lowest BCUT2D eigenvalue weighted by Gasteiger charge is -2.16. The quantitative estimate of drug-likeness (QED) is 0.779. The molecule has 2 heterocycles. The monoisotopic (exact) mass is 419 g/mol. The summed E-state index contributed by atoms with van der Waals surface area (Å²) >= 11 is 0. The van der Waals surface area contributed by atoms with E-state index in [0.717, 1.165) is 24.0 Å². The SMILES string of the molecule is CC1COc2c(S(N)(=O)=NC(=O)Nc3c4c(c(F)c5c3CCC5)CCC4)cnn21. The van der Waals surface area contributed by atoms with Crippen LogP contribution in [-0.4, -0.2) is 26.6 Å². The number of benzene rings is 1. The van der Waals surface area contributed by atoms with Gasteiger partial charge in [-0.05, 0) is 67.7 Å². The van der Waals surface area contributed by atoms with Crippen molar-refractivity contribution in [1.82, 2.24) is 9.78 Å². The summed E-state index contributed by atoms with van der Waals surface area (Å²) in [4.78, 5) is 12.8. The molecule has 0 fully saturated rings. The van der Waals surface area contributed by atoms with E-state index in [1.165, 1.54) is 6.20 Å². The molecule has 5 rings (SSSR count). The highest BCUT2D eigenvalue weighted by molar-refractivity contribution is 7.91. The molecule has 0 radical (unpaired) electrons. The van der Waals surface area contributed by atoms with Gasteiger partial charge in [0.2, 0.25) is 5.88 Å². The van der Waals surface area contributed by atoms with Crippen molar-refractivity contribution in [1.29, 1.82) is 0 Å². The van der Waals surface area contributed by atoms with Crippen molar-refractivity contribution in [2.75, 3.05) is 11.9 Å². The summed E-state index contributed by atoms with van der Waals surface area (Å²) in [6, 6.07) is -0.814. The Morgan fingerprint density at radius 2 is 1.90 bits per heavy atom. The van der Waals surface area contributed by atoms with Gasteiger partial charge in [0.25, 0.3) is 0 Å². The van der Waals surface area contributed by atoms with E-state index in [4.69, 9.17) is 9.88 Å². The van der Waals surface area contributed by atoms with E-state index in [2.05, 4.69) is 14.8 Å². The van der Waals surface area contributed by atoms with Crippen LogP contribution in [0.4, 0.5) is 14.9 Å². The first-order valence-electron chi connectivity index (χ1n) is 9.78. The van der Waals surface area contributed by atoms with Gasteiger partial charge >= 0.3 is 6.03 Å². The number of amides is 2. The third-order valence-corrected chi connectivity index (χ3v) is 7.28. The number of aromatic nitrogens is 2. The molecule has 29 heavy (non-hydrogen) atoms. The highest BCUT2D eigenvalue weighted by atomic mass is 32.2. The van der Waals surface area contributed by atoms with Crippen molar-refractivity contribution in [2.45, 2.75) is 56.4 Å². The van der Waals surface area contributed by atoms with Crippen LogP contribution in [0, 0.1) is 5.82 Å². The number of hydrogen-bond donors (Lipinski definition) is 2. The smallest absolute Gasteiger partial charge is 0.354 e. The number of anilines is 1. The molecule has 154 valence electrons. The molecule has 10 heteroatoms. The lowest BCUT2D eigenvalue weighted by atomic mass is 9.98. The number of hydrogen-bond acceptors (Lipinski definition) is 4. The number of fused-ring (bicyclic) bond motifs is 3. The predicted molar refractivity (Wildman–Crippen MR) is 105 cm³/mol. The van der Waals surface area contributed by atoms with E-state index in [-0.39, 0.29) is 22.6 Å². The van der Waals surface area contributed by atoms with Gasteiger partial charge in [0.15, 0.2) is 9.92 Å². The minimum Gasteiger partial charge on any atom is -0.475 e. The van der Waals surface area contributed by atoms with E-state index in [9.17, 15) is 13.4 Å². The largest absolute Gasteiger partial charge is 0.475 e. The topological polar surface area (TPSA) is 112 Å². The van der Waals surface area contributed by atoms with Crippen LogP contribution in [0.25, 0.3) is 0 Å². The molecule has 2 aliphatic carbocycles. The first-order chi connectivity index (χ1) is 13.9. The maximum atomic E-state index is 14.8. The summed E-state index contributed by atoms with van der Waals surface area (Å²) in [5, 5.41) is 12.8. The molecule has 3 aliphatic rings. The first-order valence-corrected chi connectivity index (χ1v) is 11.4. The van der Waals surface area contributed by atoms with Gasteiger partial charge in [0.1, 0.15) is 17.3 Å². The molecule has 2 amide bonds. The lowest BCUT2D eigenvalue weighted by Crippen LogP contribution is -2.19. The van der Waals surface area contributed by atoms with Gasteiger partial charge in [0.05, 0.1) is 12.2 Å². The van der Waals surface area contributed by atoms with Gasteiger partial charge < -0.3 is 10.1 Å². The Bertz CT molecular complexity index is 1130. The van der Waals surface area contributed by atoms with Crippen LogP contribution in [0.15, 0.2) is 15.5 Å². The molecule has 2 aromatic rings. The van der Waals surface area contributed by atoms with Crippen molar-refractivity contribution in [2.24, 2.45) is 9.50 Å². The first kappa shape index (κ1) is 18.6. The standard InChI is InChI=1S/C19H22FN5O3S/c1-10-9-28-18-15(8-22-25(10)18)29(21,27)24-19(26)23-17-13-6-2-4-11(13)16(20)12-5-3-7-14(12)17/h8,10H,2-7,9H2,1H3,(H3,21,23,24,26,27). The Labute approximate surface area is 167 Å². The fourth-order valence-electron chi connectivity index (χ4n) is 4.60. The molecule has 0 saturated heterocycles. The molecule has 2 atom stereocenters. The Balaban J connectivity index is 1.51. The molecular weight excluding hydrogens is 397 g/mol. The van der Waals surface area contributed by atoms with Crippen LogP contribution in [0.1, 0.15) is 48.1 Å². The zero-order valence-corrected chi connectivity index (χ0v) is 16.9. The van der Waals surface area contributed by atoms with E-state index in [1.54, 1.807) is 4.68 Å². The minimum absolute atomic E-state index is 0.00725. The molecular formula is C19H22FN5O3S. The number of urea groups is 1. The molecule has 0 saturated carbocycles. The van der Waals surface area contributed by atoms with Gasteiger partial charge in [-0.2, -0.15) is 5.10 Å². The highest BCUT2D eigenvalue weighted by Gasteiger charge is 2.31. The number of rotatable bonds is 2. The van der Waals surface area contributed by atoms with Gasteiger partial charge in [-0.25, -0.2) is 23.2 Å². The molecule has 1 aliphatic heterocycles. The average Bonchev–Trinajstić information content (AvgIpc) is 3.43. The van der Waals surface area contributed by atoms with Crippen LogP contribution >= 0.6 is 0 Å². The molecule has 0 spiro atoms. The number of carbonyl (C=O) groups excluding carboxylic acids is 1. The van der Waals surface area contributed by atoms with Crippen molar-refractivity contribution in [3.05, 3.63) is 34.3 Å². The van der Waals surface area contributed by atoms with E-state index in [1.807, 2.05) is 6.92 Å². The Morgan fingerprint density at radius 1 is 1.28 bits per heavy atom. The molecule has 8 nitrogen and oxygen atoms in total. The molecule has 1 aromatic heterocycles. The van der Waals surface area contributed by atoms with Gasteiger partial charge in [-0.3, -0.25) is 0 Å². The second-order valence-electron chi connectivity index (χ2n) is 7.82. The average molecular weight is 419 g/mol.